The predicted octanol–water partition coefficient (Wildman–Crippen LogP) is 3.70. The number of likely N-dealkylation sites (tertiary alicyclic amines) is 1. The zero-order valence-corrected chi connectivity index (χ0v) is 19.4. The lowest BCUT2D eigenvalue weighted by molar-refractivity contribution is 0.156. The molecule has 0 amide bonds. The van der Waals surface area contributed by atoms with Crippen molar-refractivity contribution in [2.75, 3.05) is 46.1 Å². The van der Waals surface area contributed by atoms with Crippen LogP contribution in [0.3, 0.4) is 0 Å². The van der Waals surface area contributed by atoms with E-state index in [4.69, 9.17) is 30.8 Å². The van der Waals surface area contributed by atoms with Gasteiger partial charge in [0.25, 0.3) is 0 Å². The first kappa shape index (κ1) is 21.8. The summed E-state index contributed by atoms with van der Waals surface area (Å²) in [5, 5.41) is 4.02. The summed E-state index contributed by atoms with van der Waals surface area (Å²) >= 11 is 6.41. The highest BCUT2D eigenvalue weighted by Crippen LogP contribution is 2.39. The average molecular weight is 522 g/mol. The van der Waals surface area contributed by atoms with Gasteiger partial charge in [0.1, 0.15) is 0 Å². The predicted molar refractivity (Wildman–Crippen MR) is 121 cm³/mol. The number of ether oxygens (including phenoxy) is 3. The van der Waals surface area contributed by atoms with Crippen LogP contribution in [0.15, 0.2) is 17.1 Å². The number of nitrogens with zero attached hydrogens (tertiary/aromatic N) is 2. The van der Waals surface area contributed by atoms with Crippen molar-refractivity contribution >= 4 is 41.5 Å². The van der Waals surface area contributed by atoms with Gasteiger partial charge in [-0.2, -0.15) is 0 Å². The molecular formula is C20H29ClIN3O3. The Morgan fingerprint density at radius 3 is 2.89 bits per heavy atom. The van der Waals surface area contributed by atoms with E-state index < -0.39 is 0 Å². The Morgan fingerprint density at radius 1 is 1.25 bits per heavy atom. The molecule has 2 fully saturated rings. The summed E-state index contributed by atoms with van der Waals surface area (Å²) in [5.74, 6) is 2.33. The SMILES string of the molecule is CCNC(=NCc1cc(Cl)c2c(c1)OCCCO2)N1CCC2(CCOC2)C1.I. The lowest BCUT2D eigenvalue weighted by Crippen LogP contribution is -2.41. The molecule has 3 aliphatic heterocycles. The molecular weight excluding hydrogens is 493 g/mol. The molecule has 2 saturated heterocycles. The Morgan fingerprint density at radius 2 is 2.11 bits per heavy atom. The fourth-order valence-corrected chi connectivity index (χ4v) is 4.34. The maximum atomic E-state index is 6.41. The summed E-state index contributed by atoms with van der Waals surface area (Å²) in [4.78, 5) is 7.23. The molecule has 156 valence electrons. The molecule has 0 aliphatic carbocycles. The number of nitrogens with one attached hydrogen (secondary N) is 1. The third-order valence-electron chi connectivity index (χ3n) is 5.53. The molecule has 1 atom stereocenters. The summed E-state index contributed by atoms with van der Waals surface area (Å²) < 4.78 is 17.1. The van der Waals surface area contributed by atoms with E-state index in [1.165, 1.54) is 6.42 Å². The van der Waals surface area contributed by atoms with Gasteiger partial charge in [-0.1, -0.05) is 11.6 Å². The fourth-order valence-electron chi connectivity index (χ4n) is 4.05. The molecule has 0 aromatic heterocycles. The maximum absolute atomic E-state index is 6.41. The molecule has 1 aromatic carbocycles. The molecule has 1 unspecified atom stereocenters. The van der Waals surface area contributed by atoms with E-state index in [0.717, 1.165) is 63.0 Å². The highest BCUT2D eigenvalue weighted by molar-refractivity contribution is 14.0. The molecule has 8 heteroatoms. The van der Waals surface area contributed by atoms with E-state index in [2.05, 4.69) is 17.1 Å². The number of aliphatic imine (C=N–C) groups is 1. The second-order valence-electron chi connectivity index (χ2n) is 7.60. The Labute approximate surface area is 189 Å². The molecule has 0 bridgehead atoms. The minimum atomic E-state index is 0. The van der Waals surface area contributed by atoms with Gasteiger partial charge < -0.3 is 24.4 Å². The maximum Gasteiger partial charge on any atom is 0.194 e. The molecule has 1 N–H and O–H groups in total. The second kappa shape index (κ2) is 9.71. The fraction of sp³-hybridized carbons (Fsp3) is 0.650. The van der Waals surface area contributed by atoms with Crippen LogP contribution in [0.4, 0.5) is 0 Å². The van der Waals surface area contributed by atoms with Crippen molar-refractivity contribution in [3.05, 3.63) is 22.7 Å². The molecule has 28 heavy (non-hydrogen) atoms. The van der Waals surface area contributed by atoms with Crippen LogP contribution < -0.4 is 14.8 Å². The van der Waals surface area contributed by atoms with E-state index in [-0.39, 0.29) is 24.0 Å². The Balaban J connectivity index is 0.00000225. The molecule has 1 aromatic rings. The first-order valence-electron chi connectivity index (χ1n) is 9.88. The van der Waals surface area contributed by atoms with Gasteiger partial charge in [-0.25, -0.2) is 4.99 Å². The van der Waals surface area contributed by atoms with Gasteiger partial charge >= 0.3 is 0 Å². The van der Waals surface area contributed by atoms with E-state index >= 15 is 0 Å². The van der Waals surface area contributed by atoms with E-state index in [1.54, 1.807) is 0 Å². The van der Waals surface area contributed by atoms with Crippen LogP contribution in [0.25, 0.3) is 0 Å². The largest absolute Gasteiger partial charge is 0.489 e. The van der Waals surface area contributed by atoms with Gasteiger partial charge in [0.15, 0.2) is 17.5 Å². The van der Waals surface area contributed by atoms with Crippen molar-refractivity contribution in [3.8, 4) is 11.5 Å². The van der Waals surface area contributed by atoms with Gasteiger partial charge in [0.2, 0.25) is 0 Å². The van der Waals surface area contributed by atoms with Crippen molar-refractivity contribution in [1.82, 2.24) is 10.2 Å². The van der Waals surface area contributed by atoms with Crippen molar-refractivity contribution in [3.63, 3.8) is 0 Å². The lowest BCUT2D eigenvalue weighted by Gasteiger charge is -2.25. The normalized spacial score (nSPS) is 24.2. The zero-order valence-electron chi connectivity index (χ0n) is 16.3. The van der Waals surface area contributed by atoms with Crippen LogP contribution in [0.5, 0.6) is 11.5 Å². The molecule has 0 radical (unpaired) electrons. The molecule has 3 heterocycles. The van der Waals surface area contributed by atoms with Gasteiger partial charge in [0.05, 0.1) is 31.4 Å². The highest BCUT2D eigenvalue weighted by Gasteiger charge is 2.42. The van der Waals surface area contributed by atoms with Crippen LogP contribution >= 0.6 is 35.6 Å². The number of benzene rings is 1. The summed E-state index contributed by atoms with van der Waals surface area (Å²) in [7, 11) is 0. The van der Waals surface area contributed by atoms with Gasteiger partial charge in [-0.05, 0) is 37.5 Å². The minimum Gasteiger partial charge on any atom is -0.489 e. The summed E-state index contributed by atoms with van der Waals surface area (Å²) in [6.07, 6.45) is 3.19. The Bertz CT molecular complexity index is 710. The monoisotopic (exact) mass is 521 g/mol. The lowest BCUT2D eigenvalue weighted by atomic mass is 9.87. The number of guanidine groups is 1. The third kappa shape index (κ3) is 4.79. The summed E-state index contributed by atoms with van der Waals surface area (Å²) in [6.45, 7) is 8.59. The van der Waals surface area contributed by atoms with Crippen molar-refractivity contribution in [2.24, 2.45) is 10.4 Å². The number of rotatable bonds is 3. The van der Waals surface area contributed by atoms with Crippen LogP contribution in [0, 0.1) is 5.41 Å². The van der Waals surface area contributed by atoms with Crippen LogP contribution in [-0.4, -0.2) is 56.9 Å². The first-order chi connectivity index (χ1) is 13.2. The van der Waals surface area contributed by atoms with Crippen LogP contribution in [0.1, 0.15) is 31.7 Å². The average Bonchev–Trinajstić information content (AvgIpc) is 3.22. The molecule has 6 nitrogen and oxygen atoms in total. The Hall–Kier alpha value is -0.930. The standard InChI is InChI=1S/C20H28ClN3O3.HI/c1-2-22-19(24-6-4-20(13-24)5-9-25-14-20)23-12-15-10-16(21)18-17(11-15)26-7-3-8-27-18;/h10-11H,2-9,12-14H2,1H3,(H,22,23);1H. The van der Waals surface area contributed by atoms with E-state index in [0.29, 0.717) is 35.9 Å². The number of hydrogen-bond donors (Lipinski definition) is 1. The molecule has 1 spiro atoms. The van der Waals surface area contributed by atoms with Gasteiger partial charge in [0, 0.05) is 38.1 Å². The summed E-state index contributed by atoms with van der Waals surface area (Å²) in [5.41, 5.74) is 1.34. The van der Waals surface area contributed by atoms with Gasteiger partial charge in [-0.15, -0.1) is 24.0 Å². The topological polar surface area (TPSA) is 55.3 Å². The highest BCUT2D eigenvalue weighted by atomic mass is 127. The van der Waals surface area contributed by atoms with Crippen LogP contribution in [-0.2, 0) is 11.3 Å². The van der Waals surface area contributed by atoms with Crippen molar-refractivity contribution in [1.29, 1.82) is 0 Å². The first-order valence-corrected chi connectivity index (χ1v) is 10.3. The second-order valence-corrected chi connectivity index (χ2v) is 8.01. The quantitative estimate of drug-likeness (QED) is 0.374. The minimum absolute atomic E-state index is 0. The number of fused-ring (bicyclic) bond motifs is 1. The smallest absolute Gasteiger partial charge is 0.194 e. The van der Waals surface area contributed by atoms with Gasteiger partial charge in [-0.3, -0.25) is 0 Å². The van der Waals surface area contributed by atoms with E-state index in [1.807, 2.05) is 12.1 Å². The molecule has 0 saturated carbocycles. The number of hydrogen-bond acceptors (Lipinski definition) is 4. The molecule has 4 rings (SSSR count). The third-order valence-corrected chi connectivity index (χ3v) is 5.81. The molecule has 3 aliphatic rings. The van der Waals surface area contributed by atoms with E-state index in [9.17, 15) is 0 Å². The summed E-state index contributed by atoms with van der Waals surface area (Å²) in [6, 6.07) is 3.92. The number of halogens is 2. The van der Waals surface area contributed by atoms with Crippen molar-refractivity contribution < 1.29 is 14.2 Å². The van der Waals surface area contributed by atoms with Crippen LogP contribution in [0.2, 0.25) is 5.02 Å². The Kier molecular flexibility index (Phi) is 7.55. The zero-order chi connectivity index (χ0) is 18.7. The van der Waals surface area contributed by atoms with Crippen molar-refractivity contribution in [2.45, 2.75) is 32.7 Å².